The zero-order chi connectivity index (χ0) is 62.6. The molecule has 6 amide bonds. The molecule has 18 nitrogen and oxygen atoms in total. The molecule has 0 aromatic carbocycles. The molecular formula is C65H107F5N14O4. The zero-order valence-corrected chi connectivity index (χ0v) is 53.6. The van der Waals surface area contributed by atoms with Crippen molar-refractivity contribution in [3.63, 3.8) is 0 Å². The molecule has 88 heavy (non-hydrogen) atoms. The van der Waals surface area contributed by atoms with Crippen molar-refractivity contribution in [1.82, 2.24) is 71.5 Å². The van der Waals surface area contributed by atoms with E-state index >= 15 is 17.6 Å². The van der Waals surface area contributed by atoms with Crippen LogP contribution in [0.25, 0.3) is 0 Å². The van der Waals surface area contributed by atoms with Crippen LogP contribution in [0.4, 0.5) is 31.5 Å². The second kappa shape index (κ2) is 27.9. The number of amides is 6. The summed E-state index contributed by atoms with van der Waals surface area (Å²) in [5, 5.41) is 25.1. The highest BCUT2D eigenvalue weighted by Crippen LogP contribution is 2.46. The Kier molecular flexibility index (Phi) is 20.8. The molecule has 4 bridgehead atoms. The van der Waals surface area contributed by atoms with E-state index in [-0.39, 0.29) is 122 Å². The Morgan fingerprint density at radius 2 is 1.08 bits per heavy atom. The van der Waals surface area contributed by atoms with Gasteiger partial charge in [0.25, 0.3) is 5.91 Å². The smallest absolute Gasteiger partial charge is 0.320 e. The summed E-state index contributed by atoms with van der Waals surface area (Å²) < 4.78 is 78.6. The maximum Gasteiger partial charge on any atom is 0.320 e. The zero-order valence-electron chi connectivity index (χ0n) is 53.6. The Morgan fingerprint density at radius 3 is 1.60 bits per heavy atom. The Bertz CT molecular complexity index is 2470. The van der Waals surface area contributed by atoms with E-state index in [4.69, 9.17) is 0 Å². The average molecular weight is 1240 g/mol. The quantitative estimate of drug-likeness (QED) is 0.126. The van der Waals surface area contributed by atoms with Crippen molar-refractivity contribution in [2.24, 2.45) is 47.3 Å². The Labute approximate surface area is 520 Å². The predicted molar refractivity (Wildman–Crippen MR) is 330 cm³/mol. The van der Waals surface area contributed by atoms with Crippen molar-refractivity contribution in [2.75, 3.05) is 72.5 Å². The van der Waals surface area contributed by atoms with E-state index in [1.807, 2.05) is 16.7 Å². The number of carbonyl (C=O) groups is 4. The van der Waals surface area contributed by atoms with Crippen LogP contribution in [0.1, 0.15) is 131 Å². The number of hydrogen-bond acceptors (Lipinski definition) is 12. The topological polar surface area (TPSA) is 175 Å². The fourth-order valence-electron chi connectivity index (χ4n) is 19.6. The Balaban J connectivity index is 0.000000182. The summed E-state index contributed by atoms with van der Waals surface area (Å²) in [6.45, 7) is 25.7. The molecule has 10 saturated heterocycles. The third kappa shape index (κ3) is 12.9. The summed E-state index contributed by atoms with van der Waals surface area (Å²) in [5.41, 5.74) is 0. The molecule has 2 saturated carbocycles. The first kappa shape index (κ1) is 65.8. The van der Waals surface area contributed by atoms with Gasteiger partial charge in [-0.1, -0.05) is 40.9 Å². The lowest BCUT2D eigenvalue weighted by Gasteiger charge is -2.60. The number of hydrogen-bond donors (Lipinski definition) is 7. The van der Waals surface area contributed by atoms with Crippen LogP contribution in [0.15, 0.2) is 25.1 Å². The molecule has 12 rings (SSSR count). The summed E-state index contributed by atoms with van der Waals surface area (Å²) in [4.78, 5) is 67.6. The van der Waals surface area contributed by atoms with Crippen LogP contribution in [-0.2, 0) is 9.59 Å². The van der Waals surface area contributed by atoms with Crippen LogP contribution in [0.3, 0.4) is 0 Å². The monoisotopic (exact) mass is 1240 g/mol. The van der Waals surface area contributed by atoms with E-state index in [0.29, 0.717) is 50.9 Å². The number of fused-ring (bicyclic) bond motifs is 10. The minimum atomic E-state index is -1.28. The summed E-state index contributed by atoms with van der Waals surface area (Å²) >= 11 is 0. The first-order valence-corrected chi connectivity index (χ1v) is 34.4. The molecule has 10 heterocycles. The summed E-state index contributed by atoms with van der Waals surface area (Å²) in [5.74, 6) is -2.08. The van der Waals surface area contributed by atoms with Crippen molar-refractivity contribution in [2.45, 2.75) is 241 Å². The molecule has 10 aliphatic heterocycles. The van der Waals surface area contributed by atoms with E-state index in [0.717, 1.165) is 90.4 Å². The van der Waals surface area contributed by atoms with Crippen molar-refractivity contribution >= 4 is 23.9 Å². The van der Waals surface area contributed by atoms with Crippen molar-refractivity contribution < 1.29 is 41.1 Å². The molecule has 24 atom stereocenters. The lowest BCUT2D eigenvalue weighted by molar-refractivity contribution is -0.135. The van der Waals surface area contributed by atoms with Gasteiger partial charge in [0.2, 0.25) is 5.91 Å². The molecule has 0 spiro atoms. The maximum absolute atomic E-state index is 16.7. The lowest BCUT2D eigenvalue weighted by Crippen LogP contribution is -2.80. The minimum absolute atomic E-state index is 0.0186. The molecule has 496 valence electrons. The van der Waals surface area contributed by atoms with E-state index in [2.05, 4.69) is 107 Å². The Morgan fingerprint density at radius 1 is 0.580 bits per heavy atom. The van der Waals surface area contributed by atoms with Gasteiger partial charge in [-0.05, 0) is 167 Å². The van der Waals surface area contributed by atoms with E-state index in [9.17, 15) is 23.6 Å². The van der Waals surface area contributed by atoms with Crippen LogP contribution < -0.4 is 37.2 Å². The largest absolute Gasteiger partial charge is 0.336 e. The second-order valence-electron chi connectivity index (χ2n) is 29.5. The molecule has 0 aromatic heterocycles. The van der Waals surface area contributed by atoms with Crippen molar-refractivity contribution in [3.8, 4) is 0 Å². The molecule has 2 aliphatic carbocycles. The Hall–Kier alpha value is -3.71. The first-order chi connectivity index (χ1) is 42.2. The standard InChI is InChI=1S/C33H55F2N7O2.C32H52F3N7O2/c1-6-26(43)40-15-16-41(20(4)18-40)31-22-17-24(35)29-27-23(34)10-7-11-25(27)39(5)14-8-9-21-12-13-36-28(19(2)3)30(21)42(32(22)37-29)33(44)38-31;1-17(2)26-28-20(10-12-37-26)7-6-11-36-24-9-5-8-22(34)25(24)27-23(35)15-21-29(39-32(44)42(28)30(21)38-27)41-14-13-40(16-18(41)3)31(43)19(4)33/h6,19-25,27-32,36-37H,1,7-18H2,2-5H3,(H,38,44);17-18,20-30,36-38H,4-16H2,1-3H3,(H,39,44)/t20-,21?,22?,23?,24?,25?,27?,28?,29?,30?,31?,32?;18-,20?,21?,22?,23?,24?,25?,26?,27?,28?,29?,30?/m00/s1. The third-order valence-electron chi connectivity index (χ3n) is 23.7. The number of piperazine rings is 2. The molecule has 7 N–H and O–H groups in total. The van der Waals surface area contributed by atoms with Gasteiger partial charge >= 0.3 is 12.1 Å². The number of urea groups is 2. The maximum atomic E-state index is 16.7. The number of carbonyl (C=O) groups excluding carboxylic acids is 4. The number of rotatable bonds is 6. The summed E-state index contributed by atoms with van der Waals surface area (Å²) in [7, 11) is 2.10. The van der Waals surface area contributed by atoms with Gasteiger partial charge in [0, 0.05) is 111 Å². The number of nitrogens with zero attached hydrogens (tertiary/aromatic N) is 7. The number of nitrogens with one attached hydrogen (secondary N) is 7. The third-order valence-corrected chi connectivity index (χ3v) is 23.7. The number of alkyl halides is 4. The fraction of sp³-hybridized carbons (Fsp3) is 0.877. The van der Waals surface area contributed by atoms with Gasteiger partial charge in [-0.25, -0.2) is 31.5 Å². The SMILES string of the molecule is C=C(F)C(=O)N1CCN(C2NC(=O)N3C4NC(C(F)CC42)C2C(F)CCCC2NCCCC2CCNC(C(C)C)C23)[C@@H](C)C1.C=CC(=O)N1CCN(C2NC(=O)N3C4NC(C(F)CC42)C2C(F)CCCC2N(C)CCCC2CCNC(C(C)C)C23)[C@@H](C)C1. The van der Waals surface area contributed by atoms with Crippen molar-refractivity contribution in [3.05, 3.63) is 25.1 Å². The van der Waals surface area contributed by atoms with Gasteiger partial charge in [-0.15, -0.1) is 0 Å². The van der Waals surface area contributed by atoms with Gasteiger partial charge in [0.15, 0.2) is 5.83 Å². The van der Waals surface area contributed by atoms with E-state index in [1.54, 1.807) is 4.90 Å². The molecule has 22 unspecified atom stereocenters. The van der Waals surface area contributed by atoms with Crippen LogP contribution in [0.5, 0.6) is 0 Å². The highest BCUT2D eigenvalue weighted by Gasteiger charge is 2.60. The van der Waals surface area contributed by atoms with E-state index in [1.165, 1.54) is 11.0 Å². The minimum Gasteiger partial charge on any atom is -0.336 e. The first-order valence-electron chi connectivity index (χ1n) is 34.4. The van der Waals surface area contributed by atoms with E-state index < -0.39 is 78.8 Å². The van der Waals surface area contributed by atoms with Crippen LogP contribution >= 0.6 is 0 Å². The van der Waals surface area contributed by atoms with Gasteiger partial charge in [0.1, 0.15) is 24.7 Å². The average Bonchev–Trinajstić information content (AvgIpc) is 0.843. The molecule has 12 aliphatic rings. The highest BCUT2D eigenvalue weighted by atomic mass is 19.2. The van der Waals surface area contributed by atoms with Gasteiger partial charge in [-0.2, -0.15) is 0 Å². The molecule has 12 fully saturated rings. The van der Waals surface area contributed by atoms with Crippen molar-refractivity contribution in [1.29, 1.82) is 0 Å². The highest BCUT2D eigenvalue weighted by molar-refractivity contribution is 5.90. The normalized spacial score (nSPS) is 43.9. The predicted octanol–water partition coefficient (Wildman–Crippen LogP) is 5.82. The lowest BCUT2D eigenvalue weighted by atomic mass is 9.71. The number of halogens is 5. The molecule has 0 aromatic rings. The number of piperidine rings is 4. The molecular weight excluding hydrogens is 1140 g/mol. The summed E-state index contributed by atoms with van der Waals surface area (Å²) in [6.07, 6.45) is 5.46. The second-order valence-corrected chi connectivity index (χ2v) is 29.5. The molecule has 23 heteroatoms. The van der Waals surface area contributed by atoms with Crippen LogP contribution in [0.2, 0.25) is 0 Å². The van der Waals surface area contributed by atoms with Gasteiger partial charge < -0.3 is 51.1 Å². The van der Waals surface area contributed by atoms with Gasteiger partial charge in [-0.3, -0.25) is 30.0 Å². The van der Waals surface area contributed by atoms with Crippen LogP contribution in [-0.4, -0.2) is 240 Å². The van der Waals surface area contributed by atoms with Crippen LogP contribution in [0, 0.1) is 47.3 Å². The fourth-order valence-corrected chi connectivity index (χ4v) is 19.6. The summed E-state index contributed by atoms with van der Waals surface area (Å²) in [6, 6.07) is -1.94. The molecule has 0 radical (unpaired) electrons. The van der Waals surface area contributed by atoms with Gasteiger partial charge in [0.05, 0.1) is 36.7 Å².